The molecule has 32 heavy (non-hydrogen) atoms. The van der Waals surface area contributed by atoms with E-state index in [0.29, 0.717) is 5.75 Å². The molecule has 166 valence electrons. The van der Waals surface area contributed by atoms with Crippen LogP contribution in [0.15, 0.2) is 66.7 Å². The fourth-order valence-corrected chi connectivity index (χ4v) is 2.92. The van der Waals surface area contributed by atoms with Gasteiger partial charge in [-0.05, 0) is 53.4 Å². The molecule has 0 amide bonds. The molecule has 0 bridgehead atoms. The van der Waals surface area contributed by atoms with Crippen molar-refractivity contribution in [1.82, 2.24) is 0 Å². The number of benzene rings is 3. The van der Waals surface area contributed by atoms with Gasteiger partial charge in [0, 0.05) is 12.0 Å². The summed E-state index contributed by atoms with van der Waals surface area (Å²) < 4.78 is 43.0. The van der Waals surface area contributed by atoms with Crippen LogP contribution in [0.25, 0.3) is 24.3 Å². The highest BCUT2D eigenvalue weighted by molar-refractivity contribution is 5.76. The van der Waals surface area contributed by atoms with Crippen LogP contribution in [0.3, 0.4) is 0 Å². The number of halogens is 3. The molecule has 0 aliphatic carbocycles. The zero-order chi connectivity index (χ0) is 23.0. The molecule has 3 rings (SSSR count). The second-order valence-electron chi connectivity index (χ2n) is 7.21. The summed E-state index contributed by atoms with van der Waals surface area (Å²) in [5.74, 6) is 0.831. The Bertz CT molecular complexity index is 1070. The molecule has 3 aromatic rings. The number of phenols is 2. The molecule has 0 aliphatic heterocycles. The molecule has 0 unspecified atom stereocenters. The number of alkyl halides is 3. The van der Waals surface area contributed by atoms with Gasteiger partial charge in [-0.2, -0.15) is 13.2 Å². The van der Waals surface area contributed by atoms with Crippen LogP contribution in [0.4, 0.5) is 13.2 Å². The van der Waals surface area contributed by atoms with Gasteiger partial charge in [0.05, 0.1) is 6.61 Å². The number of hydrogen-bond acceptors (Lipinski definition) is 3. The van der Waals surface area contributed by atoms with Crippen LogP contribution in [0, 0.1) is 0 Å². The number of rotatable bonds is 8. The van der Waals surface area contributed by atoms with Crippen LogP contribution >= 0.6 is 0 Å². The Morgan fingerprint density at radius 1 is 0.688 bits per heavy atom. The molecule has 0 heterocycles. The summed E-state index contributed by atoms with van der Waals surface area (Å²) in [7, 11) is 0. The van der Waals surface area contributed by atoms with E-state index in [2.05, 4.69) is 0 Å². The van der Waals surface area contributed by atoms with Crippen LogP contribution in [0.5, 0.6) is 17.2 Å². The lowest BCUT2D eigenvalue weighted by atomic mass is 10.1. The smallest absolute Gasteiger partial charge is 0.389 e. The van der Waals surface area contributed by atoms with Crippen molar-refractivity contribution in [2.75, 3.05) is 6.61 Å². The number of aromatic hydroxyl groups is 2. The van der Waals surface area contributed by atoms with Gasteiger partial charge in [0.15, 0.2) is 0 Å². The third kappa shape index (κ3) is 7.54. The maximum atomic E-state index is 12.4. The minimum Gasteiger partial charge on any atom is -0.508 e. The molecule has 3 aromatic carbocycles. The molecule has 0 saturated carbocycles. The van der Waals surface area contributed by atoms with Gasteiger partial charge >= 0.3 is 6.18 Å². The summed E-state index contributed by atoms with van der Waals surface area (Å²) in [5, 5.41) is 18.8. The predicted molar refractivity (Wildman–Crippen MR) is 121 cm³/mol. The van der Waals surface area contributed by atoms with Gasteiger partial charge in [-0.3, -0.25) is 0 Å². The fourth-order valence-electron chi connectivity index (χ4n) is 2.92. The number of phenolic OH excluding ortho intramolecular Hbond substituents is 2. The van der Waals surface area contributed by atoms with E-state index in [1.54, 1.807) is 54.6 Å². The van der Waals surface area contributed by atoms with Gasteiger partial charge in [0.1, 0.15) is 17.2 Å². The first kappa shape index (κ1) is 23.0. The van der Waals surface area contributed by atoms with Gasteiger partial charge in [0.25, 0.3) is 0 Å². The zero-order valence-corrected chi connectivity index (χ0v) is 17.2. The molecule has 6 heteroatoms. The Hall–Kier alpha value is -3.67. The SMILES string of the molecule is Oc1ccc(/C=C/c2ccc(/C=C/c3ccc(O)cc3)c(OCCCC(F)(F)F)c2)cc1. The quantitative estimate of drug-likeness (QED) is 0.289. The van der Waals surface area contributed by atoms with E-state index in [0.717, 1.165) is 22.3 Å². The summed E-state index contributed by atoms with van der Waals surface area (Å²) in [6, 6.07) is 18.9. The third-order valence-electron chi connectivity index (χ3n) is 4.61. The van der Waals surface area contributed by atoms with Crippen molar-refractivity contribution in [3.63, 3.8) is 0 Å². The van der Waals surface area contributed by atoms with Gasteiger partial charge < -0.3 is 14.9 Å². The van der Waals surface area contributed by atoms with Crippen LogP contribution in [-0.4, -0.2) is 23.0 Å². The molecular formula is C26H23F3O3. The Labute approximate surface area is 184 Å². The number of ether oxygens (including phenoxy) is 1. The molecule has 0 fully saturated rings. The standard InChI is InChI=1S/C26H23F3O3/c27-26(28,29)16-1-17-32-25-18-21(3-2-19-6-12-23(30)13-7-19)5-11-22(25)10-4-20-8-14-24(31)15-9-20/h2-15,18,30-31H,1,16-17H2/b3-2+,10-4+. The summed E-state index contributed by atoms with van der Waals surface area (Å²) in [6.07, 6.45) is 2.16. The first-order valence-electron chi connectivity index (χ1n) is 10.1. The largest absolute Gasteiger partial charge is 0.508 e. The maximum Gasteiger partial charge on any atom is 0.389 e. The lowest BCUT2D eigenvalue weighted by molar-refractivity contribution is -0.136. The highest BCUT2D eigenvalue weighted by atomic mass is 19.4. The van der Waals surface area contributed by atoms with Crippen molar-refractivity contribution in [2.45, 2.75) is 19.0 Å². The van der Waals surface area contributed by atoms with E-state index in [4.69, 9.17) is 4.74 Å². The minimum atomic E-state index is -4.21. The van der Waals surface area contributed by atoms with Crippen LogP contribution < -0.4 is 4.74 Å². The summed E-state index contributed by atoms with van der Waals surface area (Å²) in [4.78, 5) is 0. The average Bonchev–Trinajstić information content (AvgIpc) is 2.76. The van der Waals surface area contributed by atoms with Crippen LogP contribution in [0.1, 0.15) is 35.1 Å². The van der Waals surface area contributed by atoms with Gasteiger partial charge in [-0.1, -0.05) is 60.7 Å². The van der Waals surface area contributed by atoms with E-state index in [-0.39, 0.29) is 24.5 Å². The predicted octanol–water partition coefficient (Wildman–Crippen LogP) is 7.16. The summed E-state index contributed by atoms with van der Waals surface area (Å²) >= 11 is 0. The topological polar surface area (TPSA) is 49.7 Å². The van der Waals surface area contributed by atoms with E-state index in [9.17, 15) is 23.4 Å². The van der Waals surface area contributed by atoms with E-state index < -0.39 is 12.6 Å². The van der Waals surface area contributed by atoms with Crippen molar-refractivity contribution in [1.29, 1.82) is 0 Å². The van der Waals surface area contributed by atoms with Gasteiger partial charge in [-0.25, -0.2) is 0 Å². The molecular weight excluding hydrogens is 417 g/mol. The van der Waals surface area contributed by atoms with Crippen molar-refractivity contribution in [2.24, 2.45) is 0 Å². The highest BCUT2D eigenvalue weighted by Crippen LogP contribution is 2.26. The second kappa shape index (κ2) is 10.6. The van der Waals surface area contributed by atoms with Crippen molar-refractivity contribution >= 4 is 24.3 Å². The van der Waals surface area contributed by atoms with Crippen LogP contribution in [-0.2, 0) is 0 Å². The normalized spacial score (nSPS) is 12.0. The molecule has 0 radical (unpaired) electrons. The van der Waals surface area contributed by atoms with Crippen molar-refractivity contribution in [3.05, 3.63) is 89.0 Å². The van der Waals surface area contributed by atoms with Gasteiger partial charge in [-0.15, -0.1) is 0 Å². The lowest BCUT2D eigenvalue weighted by Crippen LogP contribution is -2.10. The lowest BCUT2D eigenvalue weighted by Gasteiger charge is -2.11. The van der Waals surface area contributed by atoms with Gasteiger partial charge in [0.2, 0.25) is 0 Å². The average molecular weight is 440 g/mol. The number of hydrogen-bond donors (Lipinski definition) is 2. The molecule has 0 spiro atoms. The maximum absolute atomic E-state index is 12.4. The molecule has 0 aromatic heterocycles. The van der Waals surface area contributed by atoms with Crippen LogP contribution in [0.2, 0.25) is 0 Å². The summed E-state index contributed by atoms with van der Waals surface area (Å²) in [6.45, 7) is -0.0509. The highest BCUT2D eigenvalue weighted by Gasteiger charge is 2.26. The third-order valence-corrected chi connectivity index (χ3v) is 4.61. The Balaban J connectivity index is 1.79. The monoisotopic (exact) mass is 440 g/mol. The Kier molecular flexibility index (Phi) is 7.60. The van der Waals surface area contributed by atoms with Crippen molar-refractivity contribution in [3.8, 4) is 17.2 Å². The van der Waals surface area contributed by atoms with Crippen molar-refractivity contribution < 1.29 is 28.1 Å². The minimum absolute atomic E-state index is 0.0509. The fraction of sp³-hybridized carbons (Fsp3) is 0.154. The molecule has 3 nitrogen and oxygen atoms in total. The molecule has 0 atom stereocenters. The first-order valence-corrected chi connectivity index (χ1v) is 10.1. The van der Waals surface area contributed by atoms with E-state index >= 15 is 0 Å². The van der Waals surface area contributed by atoms with E-state index in [1.165, 1.54) is 0 Å². The zero-order valence-electron chi connectivity index (χ0n) is 17.2. The second-order valence-corrected chi connectivity index (χ2v) is 7.21. The molecule has 0 saturated heterocycles. The molecule has 0 aliphatic rings. The van der Waals surface area contributed by atoms with E-state index in [1.807, 2.05) is 36.4 Å². The molecule has 2 N–H and O–H groups in total. The Morgan fingerprint density at radius 3 is 1.75 bits per heavy atom. The Morgan fingerprint density at radius 2 is 1.19 bits per heavy atom. The summed E-state index contributed by atoms with van der Waals surface area (Å²) in [5.41, 5.74) is 3.31. The first-order chi connectivity index (χ1) is 15.3.